The molecular formula is C16H18N4S. The fourth-order valence-electron chi connectivity index (χ4n) is 2.32. The second-order valence-electron chi connectivity index (χ2n) is 5.01. The molecule has 3 aromatic rings. The lowest BCUT2D eigenvalue weighted by Crippen LogP contribution is -2.29. The van der Waals surface area contributed by atoms with Crippen molar-refractivity contribution in [2.24, 2.45) is 5.84 Å². The molecule has 0 aliphatic rings. The van der Waals surface area contributed by atoms with Gasteiger partial charge in [0, 0.05) is 24.5 Å². The Hall–Kier alpha value is -1.82. The van der Waals surface area contributed by atoms with Crippen LogP contribution in [0.25, 0.3) is 10.2 Å². The van der Waals surface area contributed by atoms with Gasteiger partial charge in [-0.15, -0.1) is 11.3 Å². The van der Waals surface area contributed by atoms with E-state index in [1.54, 1.807) is 11.3 Å². The Morgan fingerprint density at radius 2 is 2.14 bits per heavy atom. The van der Waals surface area contributed by atoms with E-state index < -0.39 is 0 Å². The van der Waals surface area contributed by atoms with E-state index in [1.807, 2.05) is 18.5 Å². The summed E-state index contributed by atoms with van der Waals surface area (Å²) in [5.74, 6) is 5.73. The normalized spacial score (nSPS) is 12.7. The number of nitrogens with zero attached hydrogens (tertiary/aromatic N) is 2. The van der Waals surface area contributed by atoms with Crippen molar-refractivity contribution in [3.05, 3.63) is 58.9 Å². The zero-order valence-corrected chi connectivity index (χ0v) is 12.7. The van der Waals surface area contributed by atoms with E-state index in [0.717, 1.165) is 29.6 Å². The maximum atomic E-state index is 5.73. The number of thiophene rings is 1. The van der Waals surface area contributed by atoms with Crippen LogP contribution in [0.1, 0.15) is 29.8 Å². The summed E-state index contributed by atoms with van der Waals surface area (Å²) in [5, 5.41) is 2.05. The zero-order valence-electron chi connectivity index (χ0n) is 11.9. The third-order valence-electron chi connectivity index (χ3n) is 3.63. The average Bonchev–Trinajstić information content (AvgIpc) is 3.00. The lowest BCUT2D eigenvalue weighted by molar-refractivity contribution is 0.545. The van der Waals surface area contributed by atoms with Gasteiger partial charge in [-0.05, 0) is 41.1 Å². The van der Waals surface area contributed by atoms with E-state index in [9.17, 15) is 0 Å². The van der Waals surface area contributed by atoms with Crippen molar-refractivity contribution < 1.29 is 0 Å². The second kappa shape index (κ2) is 6.30. The van der Waals surface area contributed by atoms with Crippen LogP contribution in [0.15, 0.2) is 42.0 Å². The third kappa shape index (κ3) is 3.10. The fourth-order valence-corrected chi connectivity index (χ4v) is 3.11. The molecule has 21 heavy (non-hydrogen) atoms. The van der Waals surface area contributed by atoms with Crippen molar-refractivity contribution in [2.75, 3.05) is 0 Å². The Kier molecular flexibility index (Phi) is 4.24. The van der Waals surface area contributed by atoms with Gasteiger partial charge in [0.05, 0.1) is 16.3 Å². The molecule has 0 aromatic carbocycles. The Morgan fingerprint density at radius 1 is 1.24 bits per heavy atom. The lowest BCUT2D eigenvalue weighted by atomic mass is 10.0. The maximum absolute atomic E-state index is 5.73. The van der Waals surface area contributed by atoms with Crippen molar-refractivity contribution in [2.45, 2.75) is 25.8 Å². The smallest absolute Gasteiger partial charge is 0.0809 e. The number of hydrogen-bond donors (Lipinski definition) is 2. The Labute approximate surface area is 128 Å². The number of pyridine rings is 2. The van der Waals surface area contributed by atoms with Crippen LogP contribution in [0.4, 0.5) is 0 Å². The first-order valence-electron chi connectivity index (χ1n) is 7.03. The highest BCUT2D eigenvalue weighted by Crippen LogP contribution is 2.24. The van der Waals surface area contributed by atoms with Gasteiger partial charge < -0.3 is 0 Å². The summed E-state index contributed by atoms with van der Waals surface area (Å²) in [7, 11) is 0. The molecule has 3 heterocycles. The van der Waals surface area contributed by atoms with E-state index in [-0.39, 0.29) is 6.04 Å². The molecule has 0 fully saturated rings. The Morgan fingerprint density at radius 3 is 2.86 bits per heavy atom. The molecule has 108 valence electrons. The van der Waals surface area contributed by atoms with E-state index in [2.05, 4.69) is 45.9 Å². The Balaban J connectivity index is 1.82. The minimum absolute atomic E-state index is 0.0176. The van der Waals surface area contributed by atoms with Gasteiger partial charge >= 0.3 is 0 Å². The van der Waals surface area contributed by atoms with Crippen LogP contribution in [0.3, 0.4) is 0 Å². The largest absolute Gasteiger partial charge is 0.271 e. The number of fused-ring (bicyclic) bond motifs is 1. The minimum atomic E-state index is 0.0176. The molecule has 0 bridgehead atoms. The summed E-state index contributed by atoms with van der Waals surface area (Å²) in [6.07, 6.45) is 5.58. The molecule has 1 atom stereocenters. The number of nitrogens with one attached hydrogen (secondary N) is 1. The van der Waals surface area contributed by atoms with Gasteiger partial charge in [-0.25, -0.2) is 0 Å². The minimum Gasteiger partial charge on any atom is -0.271 e. The molecule has 0 aliphatic heterocycles. The summed E-state index contributed by atoms with van der Waals surface area (Å²) < 4.78 is 1.18. The molecule has 0 aliphatic carbocycles. The molecule has 5 heteroatoms. The topological polar surface area (TPSA) is 63.8 Å². The van der Waals surface area contributed by atoms with Crippen LogP contribution in [-0.4, -0.2) is 9.97 Å². The number of aryl methyl sites for hydroxylation is 1. The van der Waals surface area contributed by atoms with Gasteiger partial charge in [0.15, 0.2) is 0 Å². The molecule has 0 radical (unpaired) electrons. The molecule has 1 unspecified atom stereocenters. The molecule has 3 rings (SSSR count). The first-order chi connectivity index (χ1) is 10.3. The molecule has 0 saturated heterocycles. The number of hydrogen-bond acceptors (Lipinski definition) is 5. The van der Waals surface area contributed by atoms with Crippen LogP contribution < -0.4 is 11.3 Å². The van der Waals surface area contributed by atoms with Crippen molar-refractivity contribution in [3.63, 3.8) is 0 Å². The standard InChI is InChI=1S/C16H18N4S/c1-2-11-3-4-13(18-9-11)8-15(20-17)12-7-16-14(19-10-12)5-6-21-16/h3-7,9-10,15,20H,2,8,17H2,1H3. The van der Waals surface area contributed by atoms with Crippen LogP contribution in [0, 0.1) is 0 Å². The summed E-state index contributed by atoms with van der Waals surface area (Å²) in [6, 6.07) is 8.39. The van der Waals surface area contributed by atoms with E-state index in [1.165, 1.54) is 10.3 Å². The molecule has 0 spiro atoms. The van der Waals surface area contributed by atoms with Crippen molar-refractivity contribution in [3.8, 4) is 0 Å². The van der Waals surface area contributed by atoms with Crippen molar-refractivity contribution >= 4 is 21.6 Å². The van der Waals surface area contributed by atoms with Crippen molar-refractivity contribution in [1.82, 2.24) is 15.4 Å². The van der Waals surface area contributed by atoms with Crippen LogP contribution in [-0.2, 0) is 12.8 Å². The predicted octanol–water partition coefficient (Wildman–Crippen LogP) is 3.00. The predicted molar refractivity (Wildman–Crippen MR) is 87.0 cm³/mol. The average molecular weight is 298 g/mol. The Bertz CT molecular complexity index is 720. The molecular weight excluding hydrogens is 280 g/mol. The highest BCUT2D eigenvalue weighted by atomic mass is 32.1. The highest BCUT2D eigenvalue weighted by Gasteiger charge is 2.13. The molecule has 3 aromatic heterocycles. The van der Waals surface area contributed by atoms with Gasteiger partial charge in [-0.1, -0.05) is 13.0 Å². The fraction of sp³-hybridized carbons (Fsp3) is 0.250. The highest BCUT2D eigenvalue weighted by molar-refractivity contribution is 7.17. The third-order valence-corrected chi connectivity index (χ3v) is 4.49. The van der Waals surface area contributed by atoms with Gasteiger partial charge in [0.25, 0.3) is 0 Å². The summed E-state index contributed by atoms with van der Waals surface area (Å²) in [4.78, 5) is 8.98. The van der Waals surface area contributed by atoms with Crippen LogP contribution in [0.5, 0.6) is 0 Å². The first-order valence-corrected chi connectivity index (χ1v) is 7.91. The number of rotatable bonds is 5. The van der Waals surface area contributed by atoms with Crippen molar-refractivity contribution in [1.29, 1.82) is 0 Å². The zero-order chi connectivity index (χ0) is 14.7. The van der Waals surface area contributed by atoms with Gasteiger partial charge in [-0.3, -0.25) is 21.2 Å². The number of aromatic nitrogens is 2. The van der Waals surface area contributed by atoms with Gasteiger partial charge in [0.2, 0.25) is 0 Å². The monoisotopic (exact) mass is 298 g/mol. The van der Waals surface area contributed by atoms with Gasteiger partial charge in [-0.2, -0.15) is 0 Å². The van der Waals surface area contributed by atoms with Crippen LogP contribution >= 0.6 is 11.3 Å². The molecule has 0 saturated carbocycles. The second-order valence-corrected chi connectivity index (χ2v) is 5.96. The summed E-state index contributed by atoms with van der Waals surface area (Å²) >= 11 is 1.69. The number of nitrogens with two attached hydrogens (primary N) is 1. The maximum Gasteiger partial charge on any atom is 0.0809 e. The van der Waals surface area contributed by atoms with Gasteiger partial charge in [0.1, 0.15) is 0 Å². The number of hydrazine groups is 1. The van der Waals surface area contributed by atoms with E-state index in [4.69, 9.17) is 5.84 Å². The first kappa shape index (κ1) is 14.1. The molecule has 0 amide bonds. The molecule has 4 nitrogen and oxygen atoms in total. The quantitative estimate of drug-likeness (QED) is 0.561. The summed E-state index contributed by atoms with van der Waals surface area (Å²) in [6.45, 7) is 2.13. The van der Waals surface area contributed by atoms with E-state index in [0.29, 0.717) is 0 Å². The summed E-state index contributed by atoms with van der Waals surface area (Å²) in [5.41, 5.74) is 7.28. The van der Waals surface area contributed by atoms with Crippen LogP contribution in [0.2, 0.25) is 0 Å². The van der Waals surface area contributed by atoms with E-state index >= 15 is 0 Å². The molecule has 3 N–H and O–H groups in total. The lowest BCUT2D eigenvalue weighted by Gasteiger charge is -2.15. The SMILES string of the molecule is CCc1ccc(CC(NN)c2cnc3ccsc3c2)nc1.